The Morgan fingerprint density at radius 3 is 2.67 bits per heavy atom. The Hall–Kier alpha value is -4.49. The van der Waals surface area contributed by atoms with Crippen LogP contribution in [0.4, 0.5) is 15.9 Å². The molecule has 3 aromatic heterocycles. The maximum atomic E-state index is 13.5. The van der Waals surface area contributed by atoms with Crippen LogP contribution in [0, 0.1) is 5.82 Å². The summed E-state index contributed by atoms with van der Waals surface area (Å²) < 4.78 is 51.8. The number of benzene rings is 3. The largest absolute Gasteiger partial charge is 0.487 e. The molecule has 6 aromatic rings. The van der Waals surface area contributed by atoms with E-state index in [1.165, 1.54) is 29.2 Å². The number of hydrogen-bond donors (Lipinski definition) is 2. The highest BCUT2D eigenvalue weighted by molar-refractivity contribution is 7.91. The van der Waals surface area contributed by atoms with Gasteiger partial charge in [-0.05, 0) is 66.2 Å². The van der Waals surface area contributed by atoms with Gasteiger partial charge in [0.25, 0.3) is 0 Å². The van der Waals surface area contributed by atoms with E-state index in [-0.39, 0.29) is 42.3 Å². The second kappa shape index (κ2) is 14.3. The number of ether oxygens (including phenoxy) is 1. The van der Waals surface area contributed by atoms with Crippen LogP contribution in [-0.4, -0.2) is 40.2 Å². The van der Waals surface area contributed by atoms with Crippen molar-refractivity contribution in [3.63, 3.8) is 0 Å². The summed E-state index contributed by atoms with van der Waals surface area (Å²) in [6.45, 7) is 0.794. The van der Waals surface area contributed by atoms with Gasteiger partial charge in [0.2, 0.25) is 15.0 Å². The predicted octanol–water partition coefficient (Wildman–Crippen LogP) is 6.72. The molecule has 6 rings (SSSR count). The Morgan fingerprint density at radius 2 is 1.89 bits per heavy atom. The van der Waals surface area contributed by atoms with E-state index < -0.39 is 9.84 Å². The van der Waals surface area contributed by atoms with Crippen LogP contribution in [0.15, 0.2) is 101 Å². The highest BCUT2D eigenvalue weighted by Crippen LogP contribution is 2.33. The number of aryl methyl sites for hydroxylation is 1. The minimum atomic E-state index is -3.49. The van der Waals surface area contributed by atoms with Gasteiger partial charge in [0.15, 0.2) is 0 Å². The van der Waals surface area contributed by atoms with Gasteiger partial charge < -0.3 is 24.4 Å². The molecule has 3 heterocycles. The Balaban J connectivity index is 0.00000417. The molecule has 0 aliphatic heterocycles. The zero-order valence-corrected chi connectivity index (χ0v) is 26.9. The highest BCUT2D eigenvalue weighted by atomic mass is 35.5. The number of fused-ring (bicyclic) bond motifs is 1. The van der Waals surface area contributed by atoms with Crippen LogP contribution in [-0.2, 0) is 30.0 Å². The molecule has 0 aliphatic carbocycles. The lowest BCUT2D eigenvalue weighted by atomic mass is 10.1. The summed E-state index contributed by atoms with van der Waals surface area (Å²) in [4.78, 5) is 12.8. The van der Waals surface area contributed by atoms with Crippen LogP contribution in [0.3, 0.4) is 0 Å². The summed E-state index contributed by atoms with van der Waals surface area (Å²) in [5.74, 6) is 1.95. The first kappa shape index (κ1) is 32.9. The smallest absolute Gasteiger partial charge is 0.227 e. The molecule has 238 valence electrons. The lowest BCUT2D eigenvalue weighted by molar-refractivity contribution is 0.306. The lowest BCUT2D eigenvalue weighted by Crippen LogP contribution is -2.24. The van der Waals surface area contributed by atoms with Gasteiger partial charge in [-0.15, -0.1) is 12.4 Å². The normalized spacial score (nSPS) is 11.4. The lowest BCUT2D eigenvalue weighted by Gasteiger charge is -2.12. The summed E-state index contributed by atoms with van der Waals surface area (Å²) in [6.07, 6.45) is 4.54. The van der Waals surface area contributed by atoms with Gasteiger partial charge in [-0.2, -0.15) is 0 Å². The second-order valence-corrected chi connectivity index (χ2v) is 12.6. The zero-order valence-electron chi connectivity index (χ0n) is 24.5. The summed E-state index contributed by atoms with van der Waals surface area (Å²) in [5.41, 5.74) is 2.95. The number of sulfone groups is 1. The average molecular weight is 684 g/mol. The predicted molar refractivity (Wildman–Crippen MR) is 177 cm³/mol. The number of nitrogens with one attached hydrogen (secondary N) is 2. The molecule has 0 spiro atoms. The summed E-state index contributed by atoms with van der Waals surface area (Å²) in [7, 11) is -1.84. The van der Waals surface area contributed by atoms with E-state index in [0.717, 1.165) is 16.5 Å². The molecule has 3 aromatic carbocycles. The van der Waals surface area contributed by atoms with Gasteiger partial charge in [-0.3, -0.25) is 0 Å². The number of rotatable bonds is 12. The zero-order chi connectivity index (χ0) is 31.4. The molecule has 10 nitrogen and oxygen atoms in total. The van der Waals surface area contributed by atoms with E-state index in [0.29, 0.717) is 45.9 Å². The molecule has 0 aliphatic rings. The Kier molecular flexibility index (Phi) is 10.2. The molecule has 0 saturated carbocycles. The van der Waals surface area contributed by atoms with Crippen LogP contribution < -0.4 is 15.4 Å². The Labute approximate surface area is 275 Å². The number of imidazole rings is 1. The van der Waals surface area contributed by atoms with Gasteiger partial charge >= 0.3 is 0 Å². The van der Waals surface area contributed by atoms with Crippen molar-refractivity contribution in [3.05, 3.63) is 114 Å². The minimum Gasteiger partial charge on any atom is -0.487 e. The molecule has 46 heavy (non-hydrogen) atoms. The standard InChI is InChI=1S/C32H28ClFN6O4S.ClH/c1-40-13-11-36-32(40)45(41,42)14-12-35-18-25-7-10-29(44-25)22-5-8-28-26(16-22)31(38-20-37-28)39-24-6-9-30(27(33)17-24)43-19-21-3-2-4-23(34)15-21;/h2-11,13,15-17,20,35H,12,14,18-19H2,1H3,(H,37,38,39);1H. The van der Waals surface area contributed by atoms with E-state index in [9.17, 15) is 12.8 Å². The van der Waals surface area contributed by atoms with Gasteiger partial charge in [0.1, 0.15) is 41.8 Å². The van der Waals surface area contributed by atoms with Crippen molar-refractivity contribution in [1.29, 1.82) is 0 Å². The van der Waals surface area contributed by atoms with E-state index in [4.69, 9.17) is 20.8 Å². The second-order valence-electron chi connectivity index (χ2n) is 10.2. The molecule has 0 radical (unpaired) electrons. The van der Waals surface area contributed by atoms with Crippen LogP contribution in [0.5, 0.6) is 5.75 Å². The van der Waals surface area contributed by atoms with Crippen molar-refractivity contribution >= 4 is 56.3 Å². The van der Waals surface area contributed by atoms with Gasteiger partial charge in [-0.25, -0.2) is 27.8 Å². The first-order chi connectivity index (χ1) is 21.7. The maximum Gasteiger partial charge on any atom is 0.227 e. The third kappa shape index (κ3) is 7.65. The average Bonchev–Trinajstić information content (AvgIpc) is 3.69. The first-order valence-electron chi connectivity index (χ1n) is 13.9. The third-order valence-electron chi connectivity index (χ3n) is 6.96. The van der Waals surface area contributed by atoms with Crippen molar-refractivity contribution < 1.29 is 22.0 Å². The summed E-state index contributed by atoms with van der Waals surface area (Å²) in [5, 5.41) is 7.63. The van der Waals surface area contributed by atoms with Crippen molar-refractivity contribution in [2.24, 2.45) is 7.05 Å². The molecule has 0 amide bonds. The van der Waals surface area contributed by atoms with Crippen LogP contribution in [0.2, 0.25) is 5.02 Å². The monoisotopic (exact) mass is 682 g/mol. The Morgan fingerprint density at radius 1 is 1.02 bits per heavy atom. The van der Waals surface area contributed by atoms with Crippen LogP contribution >= 0.6 is 24.0 Å². The van der Waals surface area contributed by atoms with E-state index in [1.807, 2.05) is 36.4 Å². The number of anilines is 2. The molecule has 0 atom stereocenters. The van der Waals surface area contributed by atoms with E-state index in [1.54, 1.807) is 37.5 Å². The van der Waals surface area contributed by atoms with Gasteiger partial charge in [-0.1, -0.05) is 23.7 Å². The summed E-state index contributed by atoms with van der Waals surface area (Å²) >= 11 is 6.49. The quantitative estimate of drug-likeness (QED) is 0.135. The molecule has 0 saturated heterocycles. The number of nitrogens with zero attached hydrogens (tertiary/aromatic N) is 4. The topological polar surface area (TPSA) is 124 Å². The fraction of sp³-hybridized carbons (Fsp3) is 0.156. The van der Waals surface area contributed by atoms with E-state index >= 15 is 0 Å². The summed E-state index contributed by atoms with van der Waals surface area (Å²) in [6, 6.07) is 20.9. The molecule has 2 N–H and O–H groups in total. The Bertz CT molecular complexity index is 2090. The number of furan rings is 1. The van der Waals surface area contributed by atoms with Crippen molar-refractivity contribution in [1.82, 2.24) is 24.8 Å². The van der Waals surface area contributed by atoms with Crippen molar-refractivity contribution in [3.8, 4) is 17.1 Å². The maximum absolute atomic E-state index is 13.5. The van der Waals surface area contributed by atoms with Gasteiger partial charge in [0.05, 0.1) is 22.8 Å². The number of aromatic nitrogens is 4. The molecule has 0 fully saturated rings. The SMILES string of the molecule is Cl.Cn1ccnc1S(=O)(=O)CCNCc1ccc(-c2ccc3ncnc(Nc4ccc(OCc5cccc(F)c5)c(Cl)c4)c3c2)o1. The minimum absolute atomic E-state index is 0. The fourth-order valence-corrected chi connectivity index (χ4v) is 6.27. The molecule has 0 bridgehead atoms. The third-order valence-corrected chi connectivity index (χ3v) is 8.95. The number of hydrogen-bond acceptors (Lipinski definition) is 9. The van der Waals surface area contributed by atoms with Gasteiger partial charge in [0, 0.05) is 42.6 Å². The molecular formula is C32H29Cl2FN6O4S. The first-order valence-corrected chi connectivity index (χ1v) is 16.0. The molecular weight excluding hydrogens is 654 g/mol. The molecule has 0 unspecified atom stereocenters. The van der Waals surface area contributed by atoms with E-state index in [2.05, 4.69) is 25.6 Å². The van der Waals surface area contributed by atoms with Crippen LogP contribution in [0.25, 0.3) is 22.2 Å². The van der Waals surface area contributed by atoms with Crippen molar-refractivity contribution in [2.75, 3.05) is 17.6 Å². The van der Waals surface area contributed by atoms with Crippen LogP contribution in [0.1, 0.15) is 11.3 Å². The highest BCUT2D eigenvalue weighted by Gasteiger charge is 2.19. The van der Waals surface area contributed by atoms with Crippen molar-refractivity contribution in [2.45, 2.75) is 18.3 Å². The molecule has 14 heteroatoms. The number of halogens is 3. The fourth-order valence-electron chi connectivity index (χ4n) is 4.72.